The third-order valence-electron chi connectivity index (χ3n) is 2.75. The standard InChI is InChI=1S/C14H28O3Si/c1-11(2)10-17-14(16)13(12(3)15)8-7-9-18(4,5)6/h11,13H,7-10H2,1-6H3. The van der Waals surface area contributed by atoms with E-state index in [1.54, 1.807) is 0 Å². The quantitative estimate of drug-likeness (QED) is 0.386. The lowest BCUT2D eigenvalue weighted by atomic mass is 10.00. The second-order valence-electron chi connectivity index (χ2n) is 6.64. The molecule has 0 aromatic heterocycles. The molecule has 0 saturated carbocycles. The van der Waals surface area contributed by atoms with E-state index in [2.05, 4.69) is 19.6 Å². The first-order chi connectivity index (χ1) is 8.13. The summed E-state index contributed by atoms with van der Waals surface area (Å²) in [5.41, 5.74) is 0. The number of hydrogen-bond acceptors (Lipinski definition) is 3. The van der Waals surface area contributed by atoms with E-state index >= 15 is 0 Å². The molecular formula is C14H28O3Si. The van der Waals surface area contributed by atoms with Crippen LogP contribution in [0.25, 0.3) is 0 Å². The third kappa shape index (κ3) is 8.45. The molecule has 0 N–H and O–H groups in total. The molecule has 0 bridgehead atoms. The van der Waals surface area contributed by atoms with Gasteiger partial charge in [-0.05, 0) is 19.3 Å². The van der Waals surface area contributed by atoms with E-state index in [0.717, 1.165) is 12.5 Å². The van der Waals surface area contributed by atoms with Gasteiger partial charge in [0.1, 0.15) is 11.7 Å². The zero-order valence-corrected chi connectivity index (χ0v) is 13.7. The summed E-state index contributed by atoms with van der Waals surface area (Å²) in [5.74, 6) is -0.658. The molecule has 4 heteroatoms. The summed E-state index contributed by atoms with van der Waals surface area (Å²) in [6.45, 7) is 12.8. The Morgan fingerprint density at radius 2 is 1.72 bits per heavy atom. The highest BCUT2D eigenvalue weighted by Crippen LogP contribution is 2.18. The van der Waals surface area contributed by atoms with E-state index in [4.69, 9.17) is 4.74 Å². The first-order valence-electron chi connectivity index (χ1n) is 6.80. The van der Waals surface area contributed by atoms with Crippen LogP contribution in [0.4, 0.5) is 0 Å². The van der Waals surface area contributed by atoms with Crippen molar-refractivity contribution in [3.8, 4) is 0 Å². The van der Waals surface area contributed by atoms with Gasteiger partial charge in [-0.1, -0.05) is 46.0 Å². The minimum absolute atomic E-state index is 0.0701. The molecule has 0 heterocycles. The maximum Gasteiger partial charge on any atom is 0.316 e. The van der Waals surface area contributed by atoms with Gasteiger partial charge in [0.2, 0.25) is 0 Å². The van der Waals surface area contributed by atoms with Crippen molar-refractivity contribution in [2.75, 3.05) is 6.61 Å². The summed E-state index contributed by atoms with van der Waals surface area (Å²) in [6, 6.07) is 1.15. The van der Waals surface area contributed by atoms with Gasteiger partial charge in [-0.25, -0.2) is 0 Å². The molecular weight excluding hydrogens is 244 g/mol. The van der Waals surface area contributed by atoms with Crippen LogP contribution < -0.4 is 0 Å². The smallest absolute Gasteiger partial charge is 0.316 e. The van der Waals surface area contributed by atoms with Crippen molar-refractivity contribution < 1.29 is 14.3 Å². The average Bonchev–Trinajstić information content (AvgIpc) is 2.18. The van der Waals surface area contributed by atoms with Crippen molar-refractivity contribution in [2.45, 2.75) is 59.3 Å². The summed E-state index contributed by atoms with van der Waals surface area (Å²) in [7, 11) is -1.09. The van der Waals surface area contributed by atoms with Crippen LogP contribution in [-0.2, 0) is 14.3 Å². The fourth-order valence-electron chi connectivity index (χ4n) is 1.67. The lowest BCUT2D eigenvalue weighted by molar-refractivity contribution is -0.152. The van der Waals surface area contributed by atoms with Crippen molar-refractivity contribution in [1.29, 1.82) is 0 Å². The van der Waals surface area contributed by atoms with Crippen molar-refractivity contribution in [1.82, 2.24) is 0 Å². The molecule has 0 rings (SSSR count). The largest absolute Gasteiger partial charge is 0.465 e. The Morgan fingerprint density at radius 3 is 2.11 bits per heavy atom. The molecule has 106 valence electrons. The molecule has 18 heavy (non-hydrogen) atoms. The zero-order valence-electron chi connectivity index (χ0n) is 12.7. The van der Waals surface area contributed by atoms with Crippen LogP contribution in [0.15, 0.2) is 0 Å². The van der Waals surface area contributed by atoms with Crippen LogP contribution in [0.2, 0.25) is 25.7 Å². The topological polar surface area (TPSA) is 43.4 Å². The van der Waals surface area contributed by atoms with Crippen LogP contribution in [0, 0.1) is 11.8 Å². The van der Waals surface area contributed by atoms with Crippen molar-refractivity contribution >= 4 is 19.8 Å². The van der Waals surface area contributed by atoms with Gasteiger partial charge in [0.05, 0.1) is 6.61 Å². The van der Waals surface area contributed by atoms with Crippen LogP contribution >= 0.6 is 0 Å². The van der Waals surface area contributed by atoms with Gasteiger partial charge < -0.3 is 4.74 Å². The Bertz CT molecular complexity index is 279. The molecule has 0 radical (unpaired) electrons. The number of esters is 1. The molecule has 0 aromatic carbocycles. The second-order valence-corrected chi connectivity index (χ2v) is 12.3. The van der Waals surface area contributed by atoms with Crippen molar-refractivity contribution in [3.63, 3.8) is 0 Å². The van der Waals surface area contributed by atoms with E-state index in [1.165, 1.54) is 6.92 Å². The van der Waals surface area contributed by atoms with E-state index < -0.39 is 14.0 Å². The molecule has 0 saturated heterocycles. The summed E-state index contributed by atoms with van der Waals surface area (Å²) in [6.07, 6.45) is 1.58. The minimum atomic E-state index is -1.09. The Morgan fingerprint density at radius 1 is 1.17 bits per heavy atom. The van der Waals surface area contributed by atoms with Gasteiger partial charge in [-0.2, -0.15) is 0 Å². The van der Waals surface area contributed by atoms with Crippen LogP contribution in [0.5, 0.6) is 0 Å². The maximum absolute atomic E-state index is 11.8. The third-order valence-corrected chi connectivity index (χ3v) is 4.61. The molecule has 0 fully saturated rings. The number of carbonyl (C=O) groups is 2. The first-order valence-corrected chi connectivity index (χ1v) is 10.5. The van der Waals surface area contributed by atoms with Crippen molar-refractivity contribution in [3.05, 3.63) is 0 Å². The van der Waals surface area contributed by atoms with E-state index in [9.17, 15) is 9.59 Å². The number of carbonyl (C=O) groups excluding carboxylic acids is 2. The van der Waals surface area contributed by atoms with Gasteiger partial charge >= 0.3 is 5.97 Å². The summed E-state index contributed by atoms with van der Waals surface area (Å²) in [4.78, 5) is 23.3. The summed E-state index contributed by atoms with van der Waals surface area (Å²) >= 11 is 0. The van der Waals surface area contributed by atoms with E-state index in [-0.39, 0.29) is 11.8 Å². The lowest BCUT2D eigenvalue weighted by Gasteiger charge is -2.18. The predicted octanol–water partition coefficient (Wildman–Crippen LogP) is 3.51. The molecule has 0 aliphatic rings. The first kappa shape index (κ1) is 17.4. The predicted molar refractivity (Wildman–Crippen MR) is 77.4 cm³/mol. The fourth-order valence-corrected chi connectivity index (χ4v) is 2.94. The minimum Gasteiger partial charge on any atom is -0.465 e. The Labute approximate surface area is 112 Å². The molecule has 1 unspecified atom stereocenters. The number of ketones is 1. The van der Waals surface area contributed by atoms with Gasteiger partial charge in [0.25, 0.3) is 0 Å². The van der Waals surface area contributed by atoms with Crippen LogP contribution in [0.3, 0.4) is 0 Å². The summed E-state index contributed by atoms with van der Waals surface area (Å²) in [5, 5.41) is 0. The van der Waals surface area contributed by atoms with Gasteiger partial charge in [-0.3, -0.25) is 9.59 Å². The van der Waals surface area contributed by atoms with E-state index in [0.29, 0.717) is 18.9 Å². The summed E-state index contributed by atoms with van der Waals surface area (Å²) < 4.78 is 5.16. The van der Waals surface area contributed by atoms with Gasteiger partial charge in [0.15, 0.2) is 0 Å². The highest BCUT2D eigenvalue weighted by Gasteiger charge is 2.25. The number of Topliss-reactive ketones (excluding diaryl/α,β-unsaturated/α-hetero) is 1. The number of rotatable bonds is 8. The molecule has 1 atom stereocenters. The fraction of sp³-hybridized carbons (Fsp3) is 0.857. The number of ether oxygens (including phenoxy) is 1. The Hall–Kier alpha value is -0.643. The lowest BCUT2D eigenvalue weighted by Crippen LogP contribution is -2.27. The van der Waals surface area contributed by atoms with Gasteiger partial charge in [0, 0.05) is 8.07 Å². The molecule has 3 nitrogen and oxygen atoms in total. The average molecular weight is 272 g/mol. The second kappa shape index (κ2) is 7.72. The molecule has 0 aliphatic carbocycles. The van der Waals surface area contributed by atoms with Crippen molar-refractivity contribution in [2.24, 2.45) is 11.8 Å². The normalized spacial score (nSPS) is 13.5. The zero-order chi connectivity index (χ0) is 14.3. The number of hydrogen-bond donors (Lipinski definition) is 0. The SMILES string of the molecule is CC(=O)C(CCC[Si](C)(C)C)C(=O)OCC(C)C. The Balaban J connectivity index is 4.22. The molecule has 0 aromatic rings. The van der Waals surface area contributed by atoms with Crippen LogP contribution in [0.1, 0.15) is 33.6 Å². The molecule has 0 amide bonds. The van der Waals surface area contributed by atoms with Crippen LogP contribution in [-0.4, -0.2) is 26.4 Å². The Kier molecular flexibility index (Phi) is 7.44. The molecule has 0 spiro atoms. The molecule has 0 aliphatic heterocycles. The van der Waals surface area contributed by atoms with Gasteiger partial charge in [-0.15, -0.1) is 0 Å². The monoisotopic (exact) mass is 272 g/mol. The maximum atomic E-state index is 11.8. The highest BCUT2D eigenvalue weighted by molar-refractivity contribution is 6.76. The van der Waals surface area contributed by atoms with E-state index in [1.807, 2.05) is 13.8 Å². The highest BCUT2D eigenvalue weighted by atomic mass is 28.3.